The summed E-state index contributed by atoms with van der Waals surface area (Å²) in [4.78, 5) is 17.1. The Kier molecular flexibility index (Phi) is 6.25. The number of carbonyl (C=O) groups excluding carboxylic acids is 1. The summed E-state index contributed by atoms with van der Waals surface area (Å²) < 4.78 is 8.34. The topological polar surface area (TPSA) is 69.0 Å². The first kappa shape index (κ1) is 20.3. The Bertz CT molecular complexity index is 1150. The van der Waals surface area contributed by atoms with E-state index in [2.05, 4.69) is 31.3 Å². The highest BCUT2D eigenvalue weighted by Crippen LogP contribution is 2.22. The minimum atomic E-state index is -0.134. The van der Waals surface area contributed by atoms with Crippen molar-refractivity contribution in [2.45, 2.75) is 20.0 Å². The normalized spacial score (nSPS) is 10.7. The fourth-order valence-corrected chi connectivity index (χ4v) is 3.84. The van der Waals surface area contributed by atoms with Crippen LogP contribution in [0.3, 0.4) is 0 Å². The van der Waals surface area contributed by atoms with Crippen LogP contribution in [0.2, 0.25) is 0 Å². The molecule has 4 rings (SSSR count). The average Bonchev–Trinajstić information content (AvgIpc) is 3.37. The van der Waals surface area contributed by atoms with Gasteiger partial charge in [-0.05, 0) is 47.1 Å². The number of para-hydroxylation sites is 2. The van der Waals surface area contributed by atoms with Gasteiger partial charge in [0.2, 0.25) is 5.91 Å². The molecule has 0 saturated carbocycles. The maximum absolute atomic E-state index is 12.6. The molecule has 0 radical (unpaired) electrons. The van der Waals surface area contributed by atoms with Gasteiger partial charge < -0.3 is 10.1 Å². The Morgan fingerprint density at radius 1 is 1.20 bits per heavy atom. The molecule has 0 spiro atoms. The number of aromatic nitrogens is 3. The summed E-state index contributed by atoms with van der Waals surface area (Å²) in [7, 11) is 0. The zero-order valence-electron chi connectivity index (χ0n) is 16.2. The Labute approximate surface area is 186 Å². The monoisotopic (exact) mass is 482 g/mol. The molecule has 8 heteroatoms. The molecule has 152 valence electrons. The summed E-state index contributed by atoms with van der Waals surface area (Å²) in [6, 6.07) is 15.4. The van der Waals surface area contributed by atoms with Crippen LogP contribution in [0.25, 0.3) is 5.69 Å². The van der Waals surface area contributed by atoms with Crippen LogP contribution >= 0.6 is 27.3 Å². The molecular weight excluding hydrogens is 464 g/mol. The van der Waals surface area contributed by atoms with Crippen molar-refractivity contribution >= 4 is 38.9 Å². The number of benzene rings is 2. The quantitative estimate of drug-likeness (QED) is 0.394. The average molecular weight is 483 g/mol. The molecule has 2 aromatic carbocycles. The van der Waals surface area contributed by atoms with Crippen LogP contribution in [0, 0.1) is 6.92 Å². The standard InChI is InChI=1S/C22H19BrN4O2S/c1-15-6-8-18(9-7-15)29-13-22-25-17(14-30-22)10-21(28)26-19-4-2-3-5-20(19)27-12-16(23)11-24-27/h2-9,11-12,14H,10,13H2,1H3,(H,26,28). The maximum Gasteiger partial charge on any atom is 0.230 e. The van der Waals surface area contributed by atoms with E-state index < -0.39 is 0 Å². The predicted octanol–water partition coefficient (Wildman–Crippen LogP) is 5.16. The third-order valence-electron chi connectivity index (χ3n) is 4.30. The summed E-state index contributed by atoms with van der Waals surface area (Å²) >= 11 is 4.88. The number of nitrogens with zero attached hydrogens (tertiary/aromatic N) is 3. The maximum atomic E-state index is 12.6. The summed E-state index contributed by atoms with van der Waals surface area (Å²) in [6.07, 6.45) is 3.73. The summed E-state index contributed by atoms with van der Waals surface area (Å²) in [5.41, 5.74) is 3.39. The van der Waals surface area contributed by atoms with Gasteiger partial charge in [0.25, 0.3) is 0 Å². The fraction of sp³-hybridized carbons (Fsp3) is 0.136. The number of aryl methyl sites for hydroxylation is 1. The van der Waals surface area contributed by atoms with Crippen LogP contribution in [-0.4, -0.2) is 20.7 Å². The van der Waals surface area contributed by atoms with E-state index in [1.807, 2.05) is 67.0 Å². The van der Waals surface area contributed by atoms with Crippen molar-refractivity contribution in [1.29, 1.82) is 0 Å². The van der Waals surface area contributed by atoms with Crippen LogP contribution in [0.4, 0.5) is 5.69 Å². The number of hydrogen-bond acceptors (Lipinski definition) is 5. The van der Waals surface area contributed by atoms with E-state index in [1.54, 1.807) is 10.9 Å². The Morgan fingerprint density at radius 3 is 2.77 bits per heavy atom. The number of rotatable bonds is 7. The molecular formula is C22H19BrN4O2S. The highest BCUT2D eigenvalue weighted by atomic mass is 79.9. The molecule has 0 unspecified atom stereocenters. The van der Waals surface area contributed by atoms with Gasteiger partial charge >= 0.3 is 0 Å². The van der Waals surface area contributed by atoms with Crippen molar-refractivity contribution in [1.82, 2.24) is 14.8 Å². The van der Waals surface area contributed by atoms with Crippen LogP contribution in [0.1, 0.15) is 16.3 Å². The van der Waals surface area contributed by atoms with Gasteiger partial charge in [-0.25, -0.2) is 9.67 Å². The zero-order chi connectivity index (χ0) is 20.9. The van der Waals surface area contributed by atoms with Gasteiger partial charge in [0.05, 0.1) is 34.2 Å². The molecule has 0 aliphatic rings. The number of carbonyl (C=O) groups is 1. The molecule has 1 amide bonds. The van der Waals surface area contributed by atoms with Crippen molar-refractivity contribution in [3.05, 3.63) is 87.0 Å². The van der Waals surface area contributed by atoms with Crippen molar-refractivity contribution in [2.24, 2.45) is 0 Å². The summed E-state index contributed by atoms with van der Waals surface area (Å²) in [5, 5.41) is 9.97. The number of thiazole rings is 1. The molecule has 0 fully saturated rings. The molecule has 4 aromatic rings. The lowest BCUT2D eigenvalue weighted by Crippen LogP contribution is -2.16. The molecule has 2 aromatic heterocycles. The summed E-state index contributed by atoms with van der Waals surface area (Å²) in [5.74, 6) is 0.668. The van der Waals surface area contributed by atoms with Crippen LogP contribution in [-0.2, 0) is 17.8 Å². The van der Waals surface area contributed by atoms with Crippen LogP contribution in [0.5, 0.6) is 5.75 Å². The van der Waals surface area contributed by atoms with E-state index in [9.17, 15) is 4.79 Å². The highest BCUT2D eigenvalue weighted by molar-refractivity contribution is 9.10. The van der Waals surface area contributed by atoms with Gasteiger partial charge in [0, 0.05) is 11.6 Å². The number of hydrogen-bond donors (Lipinski definition) is 1. The predicted molar refractivity (Wildman–Crippen MR) is 121 cm³/mol. The van der Waals surface area contributed by atoms with Gasteiger partial charge in [0.1, 0.15) is 17.4 Å². The van der Waals surface area contributed by atoms with Crippen LogP contribution < -0.4 is 10.1 Å². The lowest BCUT2D eigenvalue weighted by Gasteiger charge is -2.10. The highest BCUT2D eigenvalue weighted by Gasteiger charge is 2.12. The van der Waals surface area contributed by atoms with E-state index in [1.165, 1.54) is 16.9 Å². The smallest absolute Gasteiger partial charge is 0.230 e. The van der Waals surface area contributed by atoms with E-state index in [-0.39, 0.29) is 12.3 Å². The number of nitrogens with one attached hydrogen (secondary N) is 1. The largest absolute Gasteiger partial charge is 0.486 e. The molecule has 0 saturated heterocycles. The van der Waals surface area contributed by atoms with E-state index >= 15 is 0 Å². The van der Waals surface area contributed by atoms with Crippen molar-refractivity contribution < 1.29 is 9.53 Å². The molecule has 0 aliphatic carbocycles. The lowest BCUT2D eigenvalue weighted by atomic mass is 10.2. The number of anilines is 1. The second-order valence-corrected chi connectivity index (χ2v) is 8.54. The van der Waals surface area contributed by atoms with E-state index in [0.717, 1.165) is 26.6 Å². The third-order valence-corrected chi connectivity index (χ3v) is 5.58. The molecule has 1 N–H and O–H groups in total. The summed E-state index contributed by atoms with van der Waals surface area (Å²) in [6.45, 7) is 2.42. The van der Waals surface area contributed by atoms with Gasteiger partial charge in [0.15, 0.2) is 0 Å². The number of amides is 1. The van der Waals surface area contributed by atoms with Crippen LogP contribution in [0.15, 0.2) is 70.8 Å². The molecule has 0 aliphatic heterocycles. The van der Waals surface area contributed by atoms with Gasteiger partial charge in [-0.2, -0.15) is 5.10 Å². The Balaban J connectivity index is 1.37. The minimum absolute atomic E-state index is 0.134. The first-order chi connectivity index (χ1) is 14.6. The molecule has 0 atom stereocenters. The van der Waals surface area contributed by atoms with E-state index in [4.69, 9.17) is 4.74 Å². The number of halogens is 1. The van der Waals surface area contributed by atoms with Crippen molar-refractivity contribution in [3.8, 4) is 11.4 Å². The van der Waals surface area contributed by atoms with Crippen molar-refractivity contribution in [3.63, 3.8) is 0 Å². The zero-order valence-corrected chi connectivity index (χ0v) is 18.6. The minimum Gasteiger partial charge on any atom is -0.486 e. The number of ether oxygens (including phenoxy) is 1. The molecule has 30 heavy (non-hydrogen) atoms. The molecule has 2 heterocycles. The van der Waals surface area contributed by atoms with Gasteiger partial charge in [-0.15, -0.1) is 11.3 Å². The Morgan fingerprint density at radius 2 is 2.00 bits per heavy atom. The SMILES string of the molecule is Cc1ccc(OCc2nc(CC(=O)Nc3ccccc3-n3cc(Br)cn3)cs2)cc1. The van der Waals surface area contributed by atoms with Gasteiger partial charge in [-0.3, -0.25) is 4.79 Å². The fourth-order valence-electron chi connectivity index (χ4n) is 2.85. The lowest BCUT2D eigenvalue weighted by molar-refractivity contribution is -0.115. The van der Waals surface area contributed by atoms with E-state index in [0.29, 0.717) is 12.3 Å². The second kappa shape index (κ2) is 9.23. The van der Waals surface area contributed by atoms with Gasteiger partial charge in [-0.1, -0.05) is 29.8 Å². The van der Waals surface area contributed by atoms with Crippen molar-refractivity contribution in [2.75, 3.05) is 5.32 Å². The third kappa shape index (κ3) is 5.14. The first-order valence-electron chi connectivity index (χ1n) is 9.29. The molecule has 0 bridgehead atoms. The first-order valence-corrected chi connectivity index (χ1v) is 11.0. The molecule has 6 nitrogen and oxygen atoms in total. The Hall–Kier alpha value is -2.97. The second-order valence-electron chi connectivity index (χ2n) is 6.68.